The number of halogens is 3. The van der Waals surface area contributed by atoms with E-state index in [1.54, 1.807) is 11.4 Å². The molecule has 0 aliphatic heterocycles. The van der Waals surface area contributed by atoms with Crippen molar-refractivity contribution >= 4 is 28.2 Å². The SMILES string of the molecule is N#Cc1c(NC(=O)C(F)(F)F)sc2c1C(C(=O)O)CCC2. The molecule has 0 saturated heterocycles. The van der Waals surface area contributed by atoms with Gasteiger partial charge in [0.05, 0.1) is 11.5 Å². The number of nitrogens with one attached hydrogen (secondary N) is 1. The van der Waals surface area contributed by atoms with E-state index in [2.05, 4.69) is 0 Å². The molecule has 5 nitrogen and oxygen atoms in total. The number of carboxylic acid groups (broad SMARTS) is 1. The summed E-state index contributed by atoms with van der Waals surface area (Å²) < 4.78 is 36.8. The Balaban J connectivity index is 2.44. The molecule has 112 valence electrons. The van der Waals surface area contributed by atoms with Gasteiger partial charge in [-0.05, 0) is 19.3 Å². The Labute approximate surface area is 121 Å². The van der Waals surface area contributed by atoms with Crippen molar-refractivity contribution in [2.24, 2.45) is 0 Å². The van der Waals surface area contributed by atoms with Crippen LogP contribution in [0.25, 0.3) is 0 Å². The molecule has 21 heavy (non-hydrogen) atoms. The second-order valence-electron chi connectivity index (χ2n) is 4.49. The van der Waals surface area contributed by atoms with Crippen LogP contribution in [0.4, 0.5) is 18.2 Å². The van der Waals surface area contributed by atoms with Crippen LogP contribution in [0.3, 0.4) is 0 Å². The molecule has 0 spiro atoms. The zero-order valence-corrected chi connectivity index (χ0v) is 11.3. The van der Waals surface area contributed by atoms with Gasteiger partial charge in [-0.25, -0.2) is 0 Å². The third-order valence-corrected chi connectivity index (χ3v) is 4.34. The molecule has 2 N–H and O–H groups in total. The predicted molar refractivity (Wildman–Crippen MR) is 67.0 cm³/mol. The van der Waals surface area contributed by atoms with E-state index in [4.69, 9.17) is 10.4 Å². The van der Waals surface area contributed by atoms with Crippen molar-refractivity contribution in [3.05, 3.63) is 16.0 Å². The molecule has 0 fully saturated rings. The number of rotatable bonds is 2. The van der Waals surface area contributed by atoms with Crippen LogP contribution in [0.1, 0.15) is 34.8 Å². The summed E-state index contributed by atoms with van der Waals surface area (Å²) in [6.45, 7) is 0. The van der Waals surface area contributed by atoms with Gasteiger partial charge in [0.25, 0.3) is 0 Å². The van der Waals surface area contributed by atoms with Crippen LogP contribution in [0, 0.1) is 11.3 Å². The van der Waals surface area contributed by atoms with Gasteiger partial charge in [0, 0.05) is 10.4 Å². The van der Waals surface area contributed by atoms with Crippen molar-refractivity contribution in [1.29, 1.82) is 5.26 Å². The highest BCUT2D eigenvalue weighted by atomic mass is 32.1. The van der Waals surface area contributed by atoms with Crippen molar-refractivity contribution in [2.75, 3.05) is 5.32 Å². The van der Waals surface area contributed by atoms with Crippen LogP contribution in [0.2, 0.25) is 0 Å². The zero-order valence-electron chi connectivity index (χ0n) is 10.5. The first kappa shape index (κ1) is 15.3. The highest BCUT2D eigenvalue weighted by Gasteiger charge is 2.40. The smallest absolute Gasteiger partial charge is 0.471 e. The molecule has 0 bridgehead atoms. The first-order valence-electron chi connectivity index (χ1n) is 5.92. The normalized spacial score (nSPS) is 17.7. The van der Waals surface area contributed by atoms with Crippen LogP contribution in [-0.2, 0) is 16.0 Å². The van der Waals surface area contributed by atoms with E-state index < -0.39 is 24.0 Å². The molecular formula is C12H9F3N2O3S. The Hall–Kier alpha value is -2.08. The van der Waals surface area contributed by atoms with Crippen molar-refractivity contribution in [1.82, 2.24) is 0 Å². The molecule has 9 heteroatoms. The van der Waals surface area contributed by atoms with Gasteiger partial charge in [-0.1, -0.05) is 0 Å². The summed E-state index contributed by atoms with van der Waals surface area (Å²) in [5.41, 5.74) is 0.0541. The first-order valence-corrected chi connectivity index (χ1v) is 6.74. The van der Waals surface area contributed by atoms with Crippen LogP contribution >= 0.6 is 11.3 Å². The lowest BCUT2D eigenvalue weighted by Gasteiger charge is -2.18. The zero-order chi connectivity index (χ0) is 15.8. The van der Waals surface area contributed by atoms with Gasteiger partial charge in [0.1, 0.15) is 11.1 Å². The number of carboxylic acids is 1. The predicted octanol–water partition coefficient (Wildman–Crippen LogP) is 2.63. The standard InChI is InChI=1S/C12H9F3N2O3S/c13-12(14,15)11(20)17-9-6(4-16)8-5(10(18)19)2-1-3-7(8)21-9/h5H,1-3H2,(H,17,20)(H,18,19). The second-order valence-corrected chi connectivity index (χ2v) is 5.59. The van der Waals surface area contributed by atoms with Gasteiger partial charge < -0.3 is 10.4 Å². The minimum atomic E-state index is -5.07. The molecule has 1 atom stereocenters. The molecule has 0 aromatic carbocycles. The van der Waals surface area contributed by atoms with Crippen molar-refractivity contribution in [3.63, 3.8) is 0 Å². The molecule has 2 rings (SSSR count). The Morgan fingerprint density at radius 3 is 2.62 bits per heavy atom. The third kappa shape index (κ3) is 2.85. The lowest BCUT2D eigenvalue weighted by Crippen LogP contribution is -2.29. The van der Waals surface area contributed by atoms with Gasteiger partial charge in [-0.15, -0.1) is 11.3 Å². The number of aliphatic carboxylic acids is 1. The van der Waals surface area contributed by atoms with Crippen molar-refractivity contribution in [3.8, 4) is 6.07 Å². The van der Waals surface area contributed by atoms with E-state index in [0.717, 1.165) is 11.3 Å². The molecule has 0 radical (unpaired) electrons. The van der Waals surface area contributed by atoms with E-state index in [1.807, 2.05) is 0 Å². The Morgan fingerprint density at radius 1 is 1.43 bits per heavy atom. The second kappa shape index (κ2) is 5.37. The minimum absolute atomic E-state index is 0.181. The molecule has 1 unspecified atom stereocenters. The summed E-state index contributed by atoms with van der Waals surface area (Å²) in [6.07, 6.45) is -3.69. The number of carbonyl (C=O) groups is 2. The molecule has 1 heterocycles. The maximum Gasteiger partial charge on any atom is 0.471 e. The average Bonchev–Trinajstić information content (AvgIpc) is 2.74. The topological polar surface area (TPSA) is 90.2 Å². The molecule has 1 aliphatic rings. The number of amides is 1. The third-order valence-electron chi connectivity index (χ3n) is 3.16. The molecule has 1 aromatic heterocycles. The number of hydrogen-bond donors (Lipinski definition) is 2. The summed E-state index contributed by atoms with van der Waals surface area (Å²) >= 11 is 0.834. The van der Waals surface area contributed by atoms with E-state index in [-0.39, 0.29) is 16.1 Å². The number of hydrogen-bond acceptors (Lipinski definition) is 4. The van der Waals surface area contributed by atoms with Crippen LogP contribution in [0.15, 0.2) is 0 Å². The number of aryl methyl sites for hydroxylation is 1. The fourth-order valence-corrected chi connectivity index (χ4v) is 3.52. The Kier molecular flexibility index (Phi) is 3.91. The highest BCUT2D eigenvalue weighted by molar-refractivity contribution is 7.16. The number of carbonyl (C=O) groups excluding carboxylic acids is 1. The monoisotopic (exact) mass is 318 g/mol. The molecule has 1 amide bonds. The van der Waals surface area contributed by atoms with Crippen molar-refractivity contribution < 1.29 is 27.9 Å². The first-order chi connectivity index (χ1) is 9.75. The van der Waals surface area contributed by atoms with Gasteiger partial charge >= 0.3 is 18.1 Å². The van der Waals surface area contributed by atoms with Crippen LogP contribution in [0.5, 0.6) is 0 Å². The van der Waals surface area contributed by atoms with Gasteiger partial charge in [0.2, 0.25) is 0 Å². The van der Waals surface area contributed by atoms with Crippen LogP contribution < -0.4 is 5.32 Å². The van der Waals surface area contributed by atoms with E-state index >= 15 is 0 Å². The fourth-order valence-electron chi connectivity index (χ4n) is 2.28. The molecular weight excluding hydrogens is 309 g/mol. The van der Waals surface area contributed by atoms with Crippen LogP contribution in [-0.4, -0.2) is 23.2 Å². The lowest BCUT2D eigenvalue weighted by atomic mass is 9.85. The lowest BCUT2D eigenvalue weighted by molar-refractivity contribution is -0.167. The highest BCUT2D eigenvalue weighted by Crippen LogP contribution is 2.43. The number of alkyl halides is 3. The molecule has 1 aliphatic carbocycles. The Bertz CT molecular complexity index is 645. The summed E-state index contributed by atoms with van der Waals surface area (Å²) in [7, 11) is 0. The number of anilines is 1. The van der Waals surface area contributed by atoms with E-state index in [0.29, 0.717) is 24.1 Å². The maximum atomic E-state index is 12.3. The largest absolute Gasteiger partial charge is 0.481 e. The summed E-state index contributed by atoms with van der Waals surface area (Å²) in [4.78, 5) is 22.7. The number of nitrogens with zero attached hydrogens (tertiary/aromatic N) is 1. The molecule has 0 saturated carbocycles. The van der Waals surface area contributed by atoms with Gasteiger partial charge in [0.15, 0.2) is 0 Å². The van der Waals surface area contributed by atoms with Gasteiger partial charge in [-0.2, -0.15) is 18.4 Å². The number of fused-ring (bicyclic) bond motifs is 1. The maximum absolute atomic E-state index is 12.3. The fraction of sp³-hybridized carbons (Fsp3) is 0.417. The number of thiophene rings is 1. The quantitative estimate of drug-likeness (QED) is 0.877. The molecule has 1 aromatic rings. The van der Waals surface area contributed by atoms with Gasteiger partial charge in [-0.3, -0.25) is 9.59 Å². The number of nitriles is 1. The van der Waals surface area contributed by atoms with E-state index in [9.17, 15) is 22.8 Å². The summed E-state index contributed by atoms with van der Waals surface area (Å²) in [5.74, 6) is -4.22. The van der Waals surface area contributed by atoms with E-state index in [1.165, 1.54) is 0 Å². The minimum Gasteiger partial charge on any atom is -0.481 e. The Morgan fingerprint density at radius 2 is 2.10 bits per heavy atom. The summed E-state index contributed by atoms with van der Waals surface area (Å²) in [6, 6.07) is 1.71. The average molecular weight is 318 g/mol. The van der Waals surface area contributed by atoms with Crippen molar-refractivity contribution in [2.45, 2.75) is 31.4 Å². The summed E-state index contributed by atoms with van der Waals surface area (Å²) in [5, 5.41) is 19.7.